The molecule has 1 N–H and O–H groups in total. The molecule has 0 aliphatic carbocycles. The van der Waals surface area contributed by atoms with Crippen molar-refractivity contribution in [2.45, 2.75) is 19.6 Å². The number of rotatable bonds is 1. The van der Waals surface area contributed by atoms with Crippen molar-refractivity contribution in [2.24, 2.45) is 5.41 Å². The van der Waals surface area contributed by atoms with Gasteiger partial charge in [-0.2, -0.15) is 0 Å². The number of hydrogen-bond acceptors (Lipinski definition) is 4. The van der Waals surface area contributed by atoms with Gasteiger partial charge in [-0.3, -0.25) is 9.59 Å². The van der Waals surface area contributed by atoms with Crippen LogP contribution in [0.1, 0.15) is 24.2 Å². The molecule has 108 valence electrons. The molecule has 1 aromatic rings. The zero-order valence-corrected chi connectivity index (χ0v) is 11.6. The molecule has 2 aliphatic rings. The van der Waals surface area contributed by atoms with Crippen LogP contribution in [0.2, 0.25) is 0 Å². The van der Waals surface area contributed by atoms with Crippen molar-refractivity contribution in [3.63, 3.8) is 0 Å². The Balaban J connectivity index is 1.65. The Kier molecular flexibility index (Phi) is 2.95. The fraction of sp³-hybridized carbons (Fsp3) is 0.571. The van der Waals surface area contributed by atoms with E-state index in [9.17, 15) is 9.59 Å². The smallest absolute Gasteiger partial charge is 0.260 e. The Morgan fingerprint density at radius 1 is 1.30 bits per heavy atom. The predicted molar refractivity (Wildman–Crippen MR) is 71.4 cm³/mol. The summed E-state index contributed by atoms with van der Waals surface area (Å²) in [6.45, 7) is 6.05. The summed E-state index contributed by atoms with van der Waals surface area (Å²) >= 11 is 0. The molecule has 2 fully saturated rings. The van der Waals surface area contributed by atoms with Gasteiger partial charge in [0.15, 0.2) is 5.79 Å². The van der Waals surface area contributed by atoms with Gasteiger partial charge in [0, 0.05) is 19.3 Å². The minimum absolute atomic E-state index is 0.118. The van der Waals surface area contributed by atoms with Gasteiger partial charge in [0.1, 0.15) is 5.56 Å². The van der Waals surface area contributed by atoms with Crippen LogP contribution >= 0.6 is 0 Å². The van der Waals surface area contributed by atoms with Crippen LogP contribution < -0.4 is 5.56 Å². The normalized spacial score (nSPS) is 23.4. The number of hydrogen-bond donors (Lipinski definition) is 1. The summed E-state index contributed by atoms with van der Waals surface area (Å²) in [6.07, 6.45) is 1.52. The maximum atomic E-state index is 12.2. The van der Waals surface area contributed by atoms with Crippen LogP contribution in [0.3, 0.4) is 0 Å². The first-order valence-corrected chi connectivity index (χ1v) is 6.66. The Morgan fingerprint density at radius 3 is 2.55 bits per heavy atom. The Labute approximate surface area is 116 Å². The van der Waals surface area contributed by atoms with Crippen LogP contribution in [0.4, 0.5) is 0 Å². The average Bonchev–Trinajstić information content (AvgIpc) is 2.37. The number of ether oxygens (including phenoxy) is 2. The summed E-state index contributed by atoms with van der Waals surface area (Å²) in [7, 11) is 0. The van der Waals surface area contributed by atoms with E-state index in [0.29, 0.717) is 26.3 Å². The van der Waals surface area contributed by atoms with Gasteiger partial charge in [-0.25, -0.2) is 0 Å². The van der Waals surface area contributed by atoms with Gasteiger partial charge in [0.2, 0.25) is 0 Å². The SMILES string of the molecule is CC1(C)OCC2(CO1)CN(C(=O)c1ccc[nH]c1=O)C2. The molecule has 0 bridgehead atoms. The molecular weight excluding hydrogens is 260 g/mol. The summed E-state index contributed by atoms with van der Waals surface area (Å²) in [4.78, 5) is 28.0. The molecule has 6 heteroatoms. The fourth-order valence-corrected chi connectivity index (χ4v) is 2.59. The van der Waals surface area contributed by atoms with Crippen LogP contribution in [0, 0.1) is 5.41 Å². The van der Waals surface area contributed by atoms with E-state index in [1.807, 2.05) is 13.8 Å². The summed E-state index contributed by atoms with van der Waals surface area (Å²) in [5.74, 6) is -0.783. The highest BCUT2D eigenvalue weighted by Gasteiger charge is 2.50. The number of nitrogens with one attached hydrogen (secondary N) is 1. The van der Waals surface area contributed by atoms with Crippen LogP contribution in [0.15, 0.2) is 23.1 Å². The first-order valence-electron chi connectivity index (χ1n) is 6.66. The van der Waals surface area contributed by atoms with E-state index in [1.54, 1.807) is 17.0 Å². The molecule has 2 saturated heterocycles. The van der Waals surface area contributed by atoms with Gasteiger partial charge in [-0.1, -0.05) is 0 Å². The second-order valence-corrected chi connectivity index (χ2v) is 6.05. The highest BCUT2D eigenvalue weighted by Crippen LogP contribution is 2.37. The maximum Gasteiger partial charge on any atom is 0.260 e. The van der Waals surface area contributed by atoms with E-state index in [-0.39, 0.29) is 22.4 Å². The number of H-pyrrole nitrogens is 1. The zero-order valence-electron chi connectivity index (χ0n) is 11.6. The van der Waals surface area contributed by atoms with Gasteiger partial charge in [-0.05, 0) is 26.0 Å². The molecule has 0 atom stereocenters. The molecule has 0 unspecified atom stereocenters. The second-order valence-electron chi connectivity index (χ2n) is 6.05. The summed E-state index contributed by atoms with van der Waals surface area (Å²) in [5, 5.41) is 0. The van der Waals surface area contributed by atoms with Crippen molar-refractivity contribution >= 4 is 5.91 Å². The monoisotopic (exact) mass is 278 g/mol. The van der Waals surface area contributed by atoms with Crippen molar-refractivity contribution in [1.29, 1.82) is 0 Å². The number of carbonyl (C=O) groups is 1. The van der Waals surface area contributed by atoms with E-state index >= 15 is 0 Å². The number of pyridine rings is 1. The molecule has 0 radical (unpaired) electrons. The van der Waals surface area contributed by atoms with E-state index in [4.69, 9.17) is 9.47 Å². The Hall–Kier alpha value is -1.66. The molecular formula is C14H18N2O4. The molecule has 20 heavy (non-hydrogen) atoms. The van der Waals surface area contributed by atoms with E-state index < -0.39 is 5.79 Å². The van der Waals surface area contributed by atoms with Crippen LogP contribution in [0.5, 0.6) is 0 Å². The molecule has 1 spiro atoms. The lowest BCUT2D eigenvalue weighted by Gasteiger charge is -2.53. The van der Waals surface area contributed by atoms with E-state index in [2.05, 4.69) is 4.98 Å². The minimum atomic E-state index is -0.549. The predicted octanol–water partition coefficient (Wildman–Crippen LogP) is 0.600. The van der Waals surface area contributed by atoms with Gasteiger partial charge in [-0.15, -0.1) is 0 Å². The highest BCUT2D eigenvalue weighted by molar-refractivity contribution is 5.94. The number of nitrogens with zero attached hydrogens (tertiary/aromatic N) is 1. The van der Waals surface area contributed by atoms with Crippen molar-refractivity contribution in [3.8, 4) is 0 Å². The van der Waals surface area contributed by atoms with Gasteiger partial charge >= 0.3 is 0 Å². The van der Waals surface area contributed by atoms with Crippen LogP contribution in [-0.4, -0.2) is 47.9 Å². The van der Waals surface area contributed by atoms with Crippen molar-refractivity contribution < 1.29 is 14.3 Å². The first-order chi connectivity index (χ1) is 9.41. The average molecular weight is 278 g/mol. The molecule has 3 heterocycles. The lowest BCUT2D eigenvalue weighted by molar-refractivity contribution is -0.301. The summed E-state index contributed by atoms with van der Waals surface area (Å²) in [6, 6.07) is 3.20. The Bertz CT molecular complexity index is 575. The molecule has 6 nitrogen and oxygen atoms in total. The van der Waals surface area contributed by atoms with E-state index in [1.165, 1.54) is 6.20 Å². The van der Waals surface area contributed by atoms with Crippen LogP contribution in [0.25, 0.3) is 0 Å². The van der Waals surface area contributed by atoms with Gasteiger partial charge in [0.25, 0.3) is 11.5 Å². The maximum absolute atomic E-state index is 12.2. The van der Waals surface area contributed by atoms with E-state index in [0.717, 1.165) is 0 Å². The topological polar surface area (TPSA) is 71.6 Å². The number of aromatic amines is 1. The minimum Gasteiger partial charge on any atom is -0.350 e. The fourth-order valence-electron chi connectivity index (χ4n) is 2.59. The number of amides is 1. The molecule has 2 aliphatic heterocycles. The van der Waals surface area contributed by atoms with Crippen molar-refractivity contribution in [1.82, 2.24) is 9.88 Å². The molecule has 1 aromatic heterocycles. The molecule has 0 aromatic carbocycles. The third-order valence-corrected chi connectivity index (χ3v) is 3.84. The molecule has 3 rings (SSSR count). The number of aromatic nitrogens is 1. The third-order valence-electron chi connectivity index (χ3n) is 3.84. The van der Waals surface area contributed by atoms with Gasteiger partial charge < -0.3 is 19.4 Å². The van der Waals surface area contributed by atoms with Crippen molar-refractivity contribution in [3.05, 3.63) is 34.2 Å². The lowest BCUT2D eigenvalue weighted by Crippen LogP contribution is -2.66. The lowest BCUT2D eigenvalue weighted by atomic mass is 9.80. The van der Waals surface area contributed by atoms with Crippen molar-refractivity contribution in [2.75, 3.05) is 26.3 Å². The Morgan fingerprint density at radius 2 is 1.95 bits per heavy atom. The van der Waals surface area contributed by atoms with Gasteiger partial charge in [0.05, 0.1) is 18.6 Å². The molecule has 1 amide bonds. The highest BCUT2D eigenvalue weighted by atomic mass is 16.7. The van der Waals surface area contributed by atoms with Crippen LogP contribution in [-0.2, 0) is 9.47 Å². The standard InChI is InChI=1S/C14H18N2O4/c1-13(2)19-8-14(9-20-13)6-16(7-14)12(18)10-4-3-5-15-11(10)17/h3-5H,6-9H2,1-2H3,(H,15,17). The number of likely N-dealkylation sites (tertiary alicyclic amines) is 1. The second kappa shape index (κ2) is 4.43. The summed E-state index contributed by atoms with van der Waals surface area (Å²) < 4.78 is 11.3. The quantitative estimate of drug-likeness (QED) is 0.816. The third kappa shape index (κ3) is 2.25. The number of carbonyl (C=O) groups excluding carboxylic acids is 1. The first kappa shape index (κ1) is 13.3. The zero-order chi connectivity index (χ0) is 14.4. The molecule has 0 saturated carbocycles. The largest absolute Gasteiger partial charge is 0.350 e. The summed E-state index contributed by atoms with van der Waals surface area (Å²) in [5.41, 5.74) is -0.289.